The standard InChI is InChI=1S/C20H22N6O2S/c1-4-5-22-19(28)26-20-25-16-7-14(11-24-18(16)29-20)13-6-15(10-21-9-13)17(27)23-8-12(2)3/h4,6-7,9-12H,1,5,8H2,2-3H3,(H,23,27)(H2,22,25,26,28). The minimum atomic E-state index is -0.353. The molecule has 0 spiro atoms. The number of hydrogen-bond donors (Lipinski definition) is 3. The fourth-order valence-electron chi connectivity index (χ4n) is 2.46. The molecule has 0 aliphatic heterocycles. The third-order valence-corrected chi connectivity index (χ3v) is 4.77. The number of fused-ring (bicyclic) bond motifs is 1. The summed E-state index contributed by atoms with van der Waals surface area (Å²) in [5.74, 6) is 0.209. The summed E-state index contributed by atoms with van der Waals surface area (Å²) in [6.07, 6.45) is 6.51. The lowest BCUT2D eigenvalue weighted by atomic mass is 10.1. The first-order valence-electron chi connectivity index (χ1n) is 9.12. The lowest BCUT2D eigenvalue weighted by molar-refractivity contribution is 0.0948. The Morgan fingerprint density at radius 1 is 1.17 bits per heavy atom. The molecule has 0 aliphatic carbocycles. The summed E-state index contributed by atoms with van der Waals surface area (Å²) in [7, 11) is 0. The Labute approximate surface area is 172 Å². The van der Waals surface area contributed by atoms with Crippen molar-refractivity contribution in [1.29, 1.82) is 0 Å². The molecule has 0 bridgehead atoms. The van der Waals surface area contributed by atoms with E-state index < -0.39 is 0 Å². The van der Waals surface area contributed by atoms with Crippen LogP contribution in [0.4, 0.5) is 9.93 Å². The maximum Gasteiger partial charge on any atom is 0.321 e. The van der Waals surface area contributed by atoms with Gasteiger partial charge in [-0.05, 0) is 18.1 Å². The maximum absolute atomic E-state index is 12.3. The maximum atomic E-state index is 12.3. The van der Waals surface area contributed by atoms with Crippen molar-refractivity contribution in [3.63, 3.8) is 0 Å². The average Bonchev–Trinajstić information content (AvgIpc) is 3.11. The summed E-state index contributed by atoms with van der Waals surface area (Å²) in [6.45, 7) is 8.60. The van der Waals surface area contributed by atoms with E-state index in [9.17, 15) is 9.59 Å². The van der Waals surface area contributed by atoms with E-state index in [2.05, 4.69) is 37.5 Å². The molecule has 3 rings (SSSR count). The van der Waals surface area contributed by atoms with Gasteiger partial charge in [-0.1, -0.05) is 31.3 Å². The van der Waals surface area contributed by atoms with Crippen molar-refractivity contribution in [2.45, 2.75) is 13.8 Å². The van der Waals surface area contributed by atoms with Crippen molar-refractivity contribution >= 4 is 38.8 Å². The number of rotatable bonds is 7. The Kier molecular flexibility index (Phi) is 6.50. The second-order valence-electron chi connectivity index (χ2n) is 6.76. The van der Waals surface area contributed by atoms with Crippen LogP contribution < -0.4 is 16.0 Å². The monoisotopic (exact) mass is 410 g/mol. The van der Waals surface area contributed by atoms with Gasteiger partial charge in [0.1, 0.15) is 10.3 Å². The predicted molar refractivity (Wildman–Crippen MR) is 115 cm³/mol. The molecule has 3 aromatic rings. The number of nitrogens with one attached hydrogen (secondary N) is 3. The normalized spacial score (nSPS) is 10.7. The molecule has 9 heteroatoms. The molecule has 3 aromatic heterocycles. The lowest BCUT2D eigenvalue weighted by Gasteiger charge is -2.08. The van der Waals surface area contributed by atoms with Crippen LogP contribution in [0.15, 0.2) is 43.4 Å². The number of aromatic nitrogens is 3. The molecule has 0 unspecified atom stereocenters. The number of urea groups is 1. The Bertz CT molecular complexity index is 1050. The number of amides is 3. The van der Waals surface area contributed by atoms with Crippen molar-refractivity contribution in [3.8, 4) is 11.1 Å². The summed E-state index contributed by atoms with van der Waals surface area (Å²) in [4.78, 5) is 37.8. The Balaban J connectivity index is 1.79. The van der Waals surface area contributed by atoms with Gasteiger partial charge in [-0.2, -0.15) is 0 Å². The van der Waals surface area contributed by atoms with Crippen molar-refractivity contribution < 1.29 is 9.59 Å². The molecule has 0 fully saturated rings. The van der Waals surface area contributed by atoms with Crippen LogP contribution in [0.25, 0.3) is 21.5 Å². The highest BCUT2D eigenvalue weighted by Gasteiger charge is 2.12. The first-order valence-corrected chi connectivity index (χ1v) is 9.94. The van der Waals surface area contributed by atoms with Crippen LogP contribution in [0, 0.1) is 5.92 Å². The Morgan fingerprint density at radius 2 is 1.97 bits per heavy atom. The molecule has 29 heavy (non-hydrogen) atoms. The second-order valence-corrected chi connectivity index (χ2v) is 7.73. The van der Waals surface area contributed by atoms with E-state index in [4.69, 9.17) is 0 Å². The summed E-state index contributed by atoms with van der Waals surface area (Å²) >= 11 is 1.28. The summed E-state index contributed by atoms with van der Waals surface area (Å²) in [6, 6.07) is 3.28. The zero-order valence-corrected chi connectivity index (χ0v) is 17.0. The van der Waals surface area contributed by atoms with Crippen LogP contribution >= 0.6 is 11.3 Å². The summed E-state index contributed by atoms with van der Waals surface area (Å²) < 4.78 is 0. The zero-order chi connectivity index (χ0) is 20.8. The van der Waals surface area contributed by atoms with Gasteiger partial charge < -0.3 is 10.6 Å². The molecule has 0 atom stereocenters. The minimum absolute atomic E-state index is 0.159. The predicted octanol–water partition coefficient (Wildman–Crippen LogP) is 3.45. The van der Waals surface area contributed by atoms with Gasteiger partial charge >= 0.3 is 6.03 Å². The smallest absolute Gasteiger partial charge is 0.321 e. The molecular formula is C20H22N6O2S. The summed E-state index contributed by atoms with van der Waals surface area (Å²) in [5.41, 5.74) is 2.70. The van der Waals surface area contributed by atoms with E-state index in [-0.39, 0.29) is 11.9 Å². The molecule has 8 nitrogen and oxygen atoms in total. The van der Waals surface area contributed by atoms with Crippen LogP contribution in [0.5, 0.6) is 0 Å². The van der Waals surface area contributed by atoms with Crippen LogP contribution in [-0.2, 0) is 0 Å². The van der Waals surface area contributed by atoms with Crippen molar-refractivity contribution in [2.75, 3.05) is 18.4 Å². The van der Waals surface area contributed by atoms with Gasteiger partial charge in [0, 0.05) is 42.8 Å². The molecule has 0 aliphatic rings. The second kappa shape index (κ2) is 9.24. The molecule has 0 saturated heterocycles. The van der Waals surface area contributed by atoms with Gasteiger partial charge in [0.05, 0.1) is 5.56 Å². The number of hydrogen-bond acceptors (Lipinski definition) is 6. The highest BCUT2D eigenvalue weighted by molar-refractivity contribution is 7.21. The molecular weight excluding hydrogens is 388 g/mol. The molecule has 0 radical (unpaired) electrons. The fraction of sp³-hybridized carbons (Fsp3) is 0.250. The molecule has 0 aromatic carbocycles. The first kappa shape index (κ1) is 20.4. The van der Waals surface area contributed by atoms with Crippen molar-refractivity contribution in [1.82, 2.24) is 25.6 Å². The number of nitrogens with zero attached hydrogens (tertiary/aromatic N) is 3. The quantitative estimate of drug-likeness (QED) is 0.517. The van der Waals surface area contributed by atoms with Crippen LogP contribution in [0.2, 0.25) is 0 Å². The molecule has 3 N–H and O–H groups in total. The van der Waals surface area contributed by atoms with E-state index in [1.165, 1.54) is 17.5 Å². The van der Waals surface area contributed by atoms with E-state index in [0.717, 1.165) is 11.1 Å². The van der Waals surface area contributed by atoms with E-state index >= 15 is 0 Å². The highest BCUT2D eigenvalue weighted by atomic mass is 32.1. The largest absolute Gasteiger partial charge is 0.352 e. The van der Waals surface area contributed by atoms with Crippen LogP contribution in [0.1, 0.15) is 24.2 Å². The third kappa shape index (κ3) is 5.35. The van der Waals surface area contributed by atoms with E-state index in [1.54, 1.807) is 24.5 Å². The Hall–Kier alpha value is -3.33. The zero-order valence-electron chi connectivity index (χ0n) is 16.2. The van der Waals surface area contributed by atoms with Crippen LogP contribution in [0.3, 0.4) is 0 Å². The molecule has 3 amide bonds. The number of pyridine rings is 2. The summed E-state index contributed by atoms with van der Waals surface area (Å²) in [5, 5.41) is 8.64. The van der Waals surface area contributed by atoms with E-state index in [1.807, 2.05) is 19.9 Å². The number of carbonyl (C=O) groups is 2. The van der Waals surface area contributed by atoms with Gasteiger partial charge in [0.25, 0.3) is 5.91 Å². The molecule has 0 saturated carbocycles. The van der Waals surface area contributed by atoms with Gasteiger partial charge in [-0.25, -0.2) is 14.8 Å². The highest BCUT2D eigenvalue weighted by Crippen LogP contribution is 2.28. The lowest BCUT2D eigenvalue weighted by Crippen LogP contribution is -2.28. The van der Waals surface area contributed by atoms with Gasteiger partial charge in [-0.15, -0.1) is 6.58 Å². The van der Waals surface area contributed by atoms with Gasteiger partial charge in [-0.3, -0.25) is 15.1 Å². The van der Waals surface area contributed by atoms with Crippen molar-refractivity contribution in [3.05, 3.63) is 48.9 Å². The van der Waals surface area contributed by atoms with Crippen LogP contribution in [-0.4, -0.2) is 40.0 Å². The van der Waals surface area contributed by atoms with E-state index in [0.29, 0.717) is 40.0 Å². The topological polar surface area (TPSA) is 109 Å². The molecule has 150 valence electrons. The van der Waals surface area contributed by atoms with Gasteiger partial charge in [0.15, 0.2) is 5.13 Å². The fourth-order valence-corrected chi connectivity index (χ4v) is 3.25. The Morgan fingerprint density at radius 3 is 2.72 bits per heavy atom. The number of thiazole rings is 1. The van der Waals surface area contributed by atoms with Gasteiger partial charge in [0.2, 0.25) is 0 Å². The number of carbonyl (C=O) groups excluding carboxylic acids is 2. The average molecular weight is 411 g/mol. The first-order chi connectivity index (χ1) is 14.0. The third-order valence-electron chi connectivity index (χ3n) is 3.88. The minimum Gasteiger partial charge on any atom is -0.352 e. The SMILES string of the molecule is C=CCNC(=O)Nc1nc2cc(-c3cncc(C(=O)NCC(C)C)c3)cnc2s1. The molecule has 3 heterocycles. The van der Waals surface area contributed by atoms with Crippen molar-refractivity contribution in [2.24, 2.45) is 5.92 Å². The number of anilines is 1.